The molecule has 160 valence electrons. The van der Waals surface area contributed by atoms with Crippen molar-refractivity contribution in [3.8, 4) is 0 Å². The Morgan fingerprint density at radius 1 is 1.03 bits per heavy atom. The largest absolute Gasteiger partial charge is 0.322 e. The van der Waals surface area contributed by atoms with Crippen molar-refractivity contribution < 1.29 is 14.4 Å². The molecule has 6 heteroatoms. The summed E-state index contributed by atoms with van der Waals surface area (Å²) >= 11 is 1.01. The summed E-state index contributed by atoms with van der Waals surface area (Å²) in [6.07, 6.45) is 7.51. The second-order valence-corrected chi connectivity index (χ2v) is 9.13. The highest BCUT2D eigenvalue weighted by Crippen LogP contribution is 2.38. The number of carbonyl (C=O) groups is 3. The monoisotopic (exact) mass is 434 g/mol. The minimum Gasteiger partial charge on any atom is -0.322 e. The third-order valence-corrected chi connectivity index (χ3v) is 6.95. The summed E-state index contributed by atoms with van der Waals surface area (Å²) < 4.78 is 0. The Kier molecular flexibility index (Phi) is 6.56. The summed E-state index contributed by atoms with van der Waals surface area (Å²) in [6.45, 7) is 2.00. The molecule has 1 unspecified atom stereocenters. The Labute approximate surface area is 186 Å². The van der Waals surface area contributed by atoms with Crippen molar-refractivity contribution in [2.24, 2.45) is 5.92 Å². The highest BCUT2D eigenvalue weighted by atomic mass is 32.2. The minimum atomic E-state index is -0.200. The van der Waals surface area contributed by atoms with E-state index in [1.807, 2.05) is 37.3 Å². The second kappa shape index (κ2) is 9.52. The zero-order valence-electron chi connectivity index (χ0n) is 17.5. The van der Waals surface area contributed by atoms with E-state index in [1.54, 1.807) is 30.3 Å². The fraction of sp³-hybridized carbons (Fsp3) is 0.320. The smallest absolute Gasteiger partial charge is 0.293 e. The molecule has 0 spiro atoms. The molecule has 31 heavy (non-hydrogen) atoms. The summed E-state index contributed by atoms with van der Waals surface area (Å²) in [7, 11) is 0. The number of benzene rings is 2. The molecule has 1 saturated heterocycles. The Hall–Kier alpha value is -2.86. The molecule has 1 heterocycles. The zero-order valence-corrected chi connectivity index (χ0v) is 18.4. The molecule has 4 rings (SSSR count). The fourth-order valence-corrected chi connectivity index (χ4v) is 5.18. The number of carbonyl (C=O) groups excluding carboxylic acids is 3. The van der Waals surface area contributed by atoms with Crippen molar-refractivity contribution in [2.45, 2.75) is 45.1 Å². The molecule has 1 atom stereocenters. The SMILES string of the molecule is CC(C1CCCCC1)N1C(=O)SC(=Cc2ccc(NC(=O)c3ccccc3)cc2)C1=O. The number of hydrogen-bond donors (Lipinski definition) is 1. The van der Waals surface area contributed by atoms with Gasteiger partial charge in [0.05, 0.1) is 4.91 Å². The molecule has 2 fully saturated rings. The number of imide groups is 1. The maximum Gasteiger partial charge on any atom is 0.293 e. The van der Waals surface area contributed by atoms with Gasteiger partial charge in [-0.15, -0.1) is 0 Å². The normalized spacial score (nSPS) is 19.6. The lowest BCUT2D eigenvalue weighted by Crippen LogP contribution is -2.42. The Bertz CT molecular complexity index is 995. The van der Waals surface area contributed by atoms with Crippen LogP contribution in [0.5, 0.6) is 0 Å². The second-order valence-electron chi connectivity index (χ2n) is 8.13. The zero-order chi connectivity index (χ0) is 21.8. The van der Waals surface area contributed by atoms with Gasteiger partial charge < -0.3 is 5.32 Å². The molecule has 2 aromatic carbocycles. The lowest BCUT2D eigenvalue weighted by atomic mass is 9.84. The van der Waals surface area contributed by atoms with E-state index < -0.39 is 0 Å². The minimum absolute atomic E-state index is 0.0609. The van der Waals surface area contributed by atoms with Crippen LogP contribution in [0.2, 0.25) is 0 Å². The molecule has 1 saturated carbocycles. The summed E-state index contributed by atoms with van der Waals surface area (Å²) in [4.78, 5) is 39.7. The van der Waals surface area contributed by atoms with E-state index in [-0.39, 0.29) is 23.1 Å². The molecule has 0 aromatic heterocycles. The standard InChI is InChI=1S/C25H26N2O3S/c1-17(19-8-4-2-5-9-19)27-24(29)22(31-25(27)30)16-18-12-14-21(15-13-18)26-23(28)20-10-6-3-7-11-20/h3,6-7,10-17,19H,2,4-5,8-9H2,1H3,(H,26,28). The number of rotatable bonds is 5. The Morgan fingerprint density at radius 3 is 2.39 bits per heavy atom. The van der Waals surface area contributed by atoms with Gasteiger partial charge in [0.2, 0.25) is 0 Å². The predicted molar refractivity (Wildman–Crippen MR) is 125 cm³/mol. The van der Waals surface area contributed by atoms with Gasteiger partial charge in [-0.1, -0.05) is 49.6 Å². The van der Waals surface area contributed by atoms with Crippen molar-refractivity contribution in [2.75, 3.05) is 5.32 Å². The number of hydrogen-bond acceptors (Lipinski definition) is 4. The van der Waals surface area contributed by atoms with Crippen LogP contribution in [-0.4, -0.2) is 28.0 Å². The van der Waals surface area contributed by atoms with Gasteiger partial charge in [-0.3, -0.25) is 19.3 Å². The molecule has 1 N–H and O–H groups in total. The molecule has 2 aromatic rings. The first-order valence-electron chi connectivity index (χ1n) is 10.8. The van der Waals surface area contributed by atoms with Crippen LogP contribution in [0.25, 0.3) is 6.08 Å². The average molecular weight is 435 g/mol. The highest BCUT2D eigenvalue weighted by molar-refractivity contribution is 8.18. The van der Waals surface area contributed by atoms with Crippen LogP contribution >= 0.6 is 11.8 Å². The Morgan fingerprint density at radius 2 is 1.71 bits per heavy atom. The predicted octanol–water partition coefficient (Wildman–Crippen LogP) is 5.94. The third kappa shape index (κ3) is 4.90. The number of anilines is 1. The van der Waals surface area contributed by atoms with Gasteiger partial charge in [0.15, 0.2) is 0 Å². The van der Waals surface area contributed by atoms with Crippen molar-refractivity contribution in [3.05, 3.63) is 70.6 Å². The molecular weight excluding hydrogens is 408 g/mol. The van der Waals surface area contributed by atoms with Crippen LogP contribution in [0.15, 0.2) is 59.5 Å². The average Bonchev–Trinajstić information content (AvgIpc) is 3.08. The molecule has 1 aliphatic carbocycles. The van der Waals surface area contributed by atoms with Gasteiger partial charge in [0, 0.05) is 17.3 Å². The summed E-state index contributed by atoms with van der Waals surface area (Å²) in [5.41, 5.74) is 2.07. The van der Waals surface area contributed by atoms with Crippen molar-refractivity contribution in [1.29, 1.82) is 0 Å². The van der Waals surface area contributed by atoms with E-state index in [0.29, 0.717) is 22.1 Å². The summed E-state index contributed by atoms with van der Waals surface area (Å²) in [6, 6.07) is 16.2. The van der Waals surface area contributed by atoms with Crippen LogP contribution in [0.4, 0.5) is 10.5 Å². The van der Waals surface area contributed by atoms with Gasteiger partial charge in [-0.25, -0.2) is 0 Å². The fourth-order valence-electron chi connectivity index (χ4n) is 4.27. The van der Waals surface area contributed by atoms with Crippen LogP contribution in [0, 0.1) is 5.92 Å². The lowest BCUT2D eigenvalue weighted by Gasteiger charge is -2.32. The van der Waals surface area contributed by atoms with Crippen molar-refractivity contribution in [1.82, 2.24) is 4.90 Å². The van der Waals surface area contributed by atoms with Crippen LogP contribution in [0.1, 0.15) is 54.9 Å². The first-order chi connectivity index (χ1) is 15.0. The topological polar surface area (TPSA) is 66.5 Å². The van der Waals surface area contributed by atoms with Gasteiger partial charge >= 0.3 is 0 Å². The highest BCUT2D eigenvalue weighted by Gasteiger charge is 2.40. The third-order valence-electron chi connectivity index (χ3n) is 6.07. The van der Waals surface area contributed by atoms with Crippen LogP contribution in [0.3, 0.4) is 0 Å². The van der Waals surface area contributed by atoms with Crippen molar-refractivity contribution >= 4 is 40.6 Å². The van der Waals surface area contributed by atoms with E-state index in [0.717, 1.165) is 30.2 Å². The number of amides is 3. The maximum absolute atomic E-state index is 12.9. The Balaban J connectivity index is 1.43. The number of thioether (sulfide) groups is 1. The van der Waals surface area contributed by atoms with Gasteiger partial charge in [0.25, 0.3) is 17.1 Å². The van der Waals surface area contributed by atoms with Gasteiger partial charge in [0.1, 0.15) is 0 Å². The lowest BCUT2D eigenvalue weighted by molar-refractivity contribution is -0.125. The van der Waals surface area contributed by atoms with Gasteiger partial charge in [-0.2, -0.15) is 0 Å². The first-order valence-corrected chi connectivity index (χ1v) is 11.6. The number of nitrogens with one attached hydrogen (secondary N) is 1. The van der Waals surface area contributed by atoms with E-state index in [4.69, 9.17) is 0 Å². The number of nitrogens with zero attached hydrogens (tertiary/aromatic N) is 1. The van der Waals surface area contributed by atoms with Crippen LogP contribution in [-0.2, 0) is 4.79 Å². The molecule has 0 radical (unpaired) electrons. The van der Waals surface area contributed by atoms with E-state index >= 15 is 0 Å². The van der Waals surface area contributed by atoms with Crippen LogP contribution < -0.4 is 5.32 Å². The van der Waals surface area contributed by atoms with E-state index in [1.165, 1.54) is 24.2 Å². The molecule has 1 aliphatic heterocycles. The van der Waals surface area contributed by atoms with Crippen molar-refractivity contribution in [3.63, 3.8) is 0 Å². The maximum atomic E-state index is 12.9. The van der Waals surface area contributed by atoms with E-state index in [2.05, 4.69) is 5.32 Å². The molecular formula is C25H26N2O3S. The molecule has 3 amide bonds. The van der Waals surface area contributed by atoms with Gasteiger partial charge in [-0.05, 0) is 73.4 Å². The molecule has 0 bridgehead atoms. The first kappa shape index (κ1) is 21.4. The quantitative estimate of drug-likeness (QED) is 0.591. The molecule has 5 nitrogen and oxygen atoms in total. The van der Waals surface area contributed by atoms with E-state index in [9.17, 15) is 14.4 Å². The summed E-state index contributed by atoms with van der Waals surface area (Å²) in [5.74, 6) is 0.0230. The summed E-state index contributed by atoms with van der Waals surface area (Å²) in [5, 5.41) is 2.68. The molecule has 2 aliphatic rings.